The molecule has 0 bridgehead atoms. The summed E-state index contributed by atoms with van der Waals surface area (Å²) in [6.45, 7) is 0. The second-order valence-electron chi connectivity index (χ2n) is 11.6. The highest BCUT2D eigenvalue weighted by molar-refractivity contribution is 9.10. The van der Waals surface area contributed by atoms with Gasteiger partial charge in [0.05, 0.1) is 20.3 Å². The maximum Gasteiger partial charge on any atom is 0.573 e. The van der Waals surface area contributed by atoms with Crippen LogP contribution >= 0.6 is 31.9 Å². The molecule has 0 saturated heterocycles. The summed E-state index contributed by atoms with van der Waals surface area (Å²) in [6, 6.07) is 13.6. The lowest BCUT2D eigenvalue weighted by Gasteiger charge is -2.18. The molecule has 0 N–H and O–H groups in total. The van der Waals surface area contributed by atoms with Gasteiger partial charge in [0, 0.05) is 60.3 Å². The highest BCUT2D eigenvalue weighted by atomic mass is 79.9. The Hall–Kier alpha value is -4.84. The van der Waals surface area contributed by atoms with Gasteiger partial charge in [-0.1, -0.05) is 36.4 Å². The van der Waals surface area contributed by atoms with Gasteiger partial charge in [0.15, 0.2) is 11.6 Å². The Morgan fingerprint density at radius 1 is 0.635 bits per heavy atom. The molecule has 4 heterocycles. The van der Waals surface area contributed by atoms with Crippen LogP contribution in [0.1, 0.15) is 68.2 Å². The number of carbonyl (C=O) groups excluding carboxylic acids is 2. The molecule has 8 rings (SSSR count). The number of hydrogen-bond donors (Lipinski definition) is 0. The number of halogens is 10. The standard InChI is InChI=1S/2C17H9BrF4N2O2/c2*18-10-7-24-14(6-11(10)19)23-15-12(25)5-9(16(15)24)8-3-1-2-4-13(8)26-17(20,21)22/h2*1-4,6-7,9H,5H2/t2*9-/m10/s1. The predicted octanol–water partition coefficient (Wildman–Crippen LogP) is 9.71. The number of pyridine rings is 2. The second-order valence-corrected chi connectivity index (χ2v) is 13.3. The summed E-state index contributed by atoms with van der Waals surface area (Å²) in [5.74, 6) is -3.83. The fraction of sp³-hybridized carbons (Fsp3) is 0.176. The predicted molar refractivity (Wildman–Crippen MR) is 174 cm³/mol. The lowest BCUT2D eigenvalue weighted by molar-refractivity contribution is -0.276. The number of rotatable bonds is 4. The zero-order chi connectivity index (χ0) is 37.3. The molecule has 0 fully saturated rings. The molecule has 18 heteroatoms. The van der Waals surface area contributed by atoms with Crippen molar-refractivity contribution in [2.24, 2.45) is 0 Å². The van der Waals surface area contributed by atoms with Crippen LogP contribution in [0.2, 0.25) is 0 Å². The van der Waals surface area contributed by atoms with E-state index in [4.69, 9.17) is 0 Å². The molecule has 6 aromatic rings. The van der Waals surface area contributed by atoms with Crippen molar-refractivity contribution in [3.63, 3.8) is 0 Å². The molecule has 8 nitrogen and oxygen atoms in total. The van der Waals surface area contributed by atoms with Gasteiger partial charge in [0.25, 0.3) is 0 Å². The molecule has 2 aliphatic rings. The zero-order valence-corrected chi connectivity index (χ0v) is 28.9. The Bertz CT molecular complexity index is 2260. The van der Waals surface area contributed by atoms with Gasteiger partial charge in [0.2, 0.25) is 0 Å². The van der Waals surface area contributed by atoms with Gasteiger partial charge < -0.3 is 18.3 Å². The van der Waals surface area contributed by atoms with Crippen LogP contribution in [0.15, 0.2) is 82.0 Å². The van der Waals surface area contributed by atoms with Crippen molar-refractivity contribution in [3.8, 4) is 11.5 Å². The van der Waals surface area contributed by atoms with E-state index in [0.717, 1.165) is 12.1 Å². The first-order valence-electron chi connectivity index (χ1n) is 15.0. The van der Waals surface area contributed by atoms with Crippen LogP contribution in [0, 0.1) is 11.6 Å². The molecular weight excluding hydrogens is 840 g/mol. The van der Waals surface area contributed by atoms with Crippen LogP contribution < -0.4 is 9.47 Å². The Balaban J connectivity index is 0.000000162. The van der Waals surface area contributed by atoms with Crippen molar-refractivity contribution >= 4 is 54.7 Å². The van der Waals surface area contributed by atoms with E-state index in [-0.39, 0.29) is 78.7 Å². The Labute approximate surface area is 303 Å². The average Bonchev–Trinajstić information content (AvgIpc) is 3.78. The van der Waals surface area contributed by atoms with Crippen molar-refractivity contribution in [1.82, 2.24) is 18.8 Å². The number of imidazole rings is 2. The first kappa shape index (κ1) is 35.6. The molecule has 0 unspecified atom stereocenters. The minimum atomic E-state index is -4.85. The van der Waals surface area contributed by atoms with E-state index in [1.54, 1.807) is 12.1 Å². The quantitative estimate of drug-likeness (QED) is 0.164. The summed E-state index contributed by atoms with van der Waals surface area (Å²) in [5, 5.41) is 0. The molecular formula is C34H18Br2F8N4O4. The van der Waals surface area contributed by atoms with Crippen LogP contribution in [0.3, 0.4) is 0 Å². The third-order valence-electron chi connectivity index (χ3n) is 8.41. The van der Waals surface area contributed by atoms with E-state index in [2.05, 4.69) is 51.3 Å². The van der Waals surface area contributed by atoms with Crippen molar-refractivity contribution in [2.75, 3.05) is 0 Å². The number of para-hydroxylation sites is 2. The van der Waals surface area contributed by atoms with Crippen molar-refractivity contribution in [2.45, 2.75) is 37.4 Å². The van der Waals surface area contributed by atoms with Gasteiger partial charge in [-0.25, -0.2) is 18.7 Å². The van der Waals surface area contributed by atoms with Crippen LogP contribution in [0.4, 0.5) is 35.1 Å². The van der Waals surface area contributed by atoms with Gasteiger partial charge in [-0.3, -0.25) is 9.59 Å². The van der Waals surface area contributed by atoms with E-state index < -0.39 is 36.2 Å². The molecule has 0 amide bonds. The summed E-state index contributed by atoms with van der Waals surface area (Å²) >= 11 is 6.15. The minimum Gasteiger partial charge on any atom is -0.405 e. The van der Waals surface area contributed by atoms with Gasteiger partial charge in [-0.2, -0.15) is 0 Å². The van der Waals surface area contributed by atoms with Crippen LogP contribution in [-0.2, 0) is 0 Å². The van der Waals surface area contributed by atoms with Crippen LogP contribution in [-0.4, -0.2) is 43.1 Å². The number of Topliss-reactive ketones (excluding diaryl/α,β-unsaturated/α-hetero) is 2. The fourth-order valence-corrected chi connectivity index (χ4v) is 7.07. The lowest BCUT2D eigenvalue weighted by atomic mass is 9.95. The summed E-state index contributed by atoms with van der Waals surface area (Å²) < 4.78 is 115. The molecule has 268 valence electrons. The summed E-state index contributed by atoms with van der Waals surface area (Å²) in [4.78, 5) is 33.0. The number of carbonyl (C=O) groups is 2. The Morgan fingerprint density at radius 3 is 1.37 bits per heavy atom. The lowest BCUT2D eigenvalue weighted by Crippen LogP contribution is -2.19. The largest absolute Gasteiger partial charge is 0.573 e. The molecule has 2 aliphatic carbocycles. The molecule has 2 atom stereocenters. The van der Waals surface area contributed by atoms with Gasteiger partial charge in [-0.05, 0) is 44.0 Å². The molecule has 0 saturated carbocycles. The molecule has 0 spiro atoms. The minimum absolute atomic E-state index is 0.0339. The number of hydrogen-bond acceptors (Lipinski definition) is 6. The smallest absolute Gasteiger partial charge is 0.405 e. The number of ether oxygens (including phenoxy) is 2. The van der Waals surface area contributed by atoms with E-state index >= 15 is 0 Å². The summed E-state index contributed by atoms with van der Waals surface area (Å²) in [5.41, 5.74) is 1.97. The second kappa shape index (κ2) is 13.0. The first-order valence-corrected chi connectivity index (χ1v) is 16.6. The topological polar surface area (TPSA) is 87.2 Å². The monoisotopic (exact) mass is 856 g/mol. The number of fused-ring (bicyclic) bond motifs is 6. The highest BCUT2D eigenvalue weighted by Crippen LogP contribution is 2.45. The van der Waals surface area contributed by atoms with E-state index in [9.17, 15) is 44.7 Å². The highest BCUT2D eigenvalue weighted by Gasteiger charge is 2.41. The maximum absolute atomic E-state index is 13.7. The average molecular weight is 858 g/mol. The number of alkyl halides is 6. The first-order chi connectivity index (χ1) is 24.5. The Morgan fingerprint density at radius 2 is 1.00 bits per heavy atom. The van der Waals surface area contributed by atoms with Gasteiger partial charge in [-0.15, -0.1) is 26.3 Å². The van der Waals surface area contributed by atoms with Gasteiger partial charge >= 0.3 is 12.7 Å². The fourth-order valence-electron chi connectivity index (χ4n) is 6.44. The van der Waals surface area contributed by atoms with Crippen molar-refractivity contribution < 1.29 is 54.2 Å². The van der Waals surface area contributed by atoms with Gasteiger partial charge in [0.1, 0.15) is 45.8 Å². The number of ketones is 2. The number of nitrogens with zero attached hydrogens (tertiary/aromatic N) is 4. The normalized spacial score (nSPS) is 17.0. The van der Waals surface area contributed by atoms with Crippen LogP contribution in [0.5, 0.6) is 11.5 Å². The summed E-state index contributed by atoms with van der Waals surface area (Å²) in [6.07, 6.45) is -6.95. The SMILES string of the molecule is O=C1C[C@@H](c2ccccc2OC(F)(F)F)c2c1nc1cc(F)c(Br)cn21.O=C1C[C@H](c2ccccc2OC(F)(F)F)c2c1nc1cc(F)c(Br)cn21. The molecule has 0 aliphatic heterocycles. The maximum atomic E-state index is 13.7. The zero-order valence-electron chi connectivity index (χ0n) is 25.7. The third kappa shape index (κ3) is 6.64. The van der Waals surface area contributed by atoms with Crippen LogP contribution in [0.25, 0.3) is 11.3 Å². The number of aromatic nitrogens is 4. The molecule has 52 heavy (non-hydrogen) atoms. The van der Waals surface area contributed by atoms with E-state index in [0.29, 0.717) is 11.4 Å². The Kier molecular flexibility index (Phi) is 8.88. The van der Waals surface area contributed by atoms with E-state index in [1.165, 1.54) is 57.6 Å². The van der Waals surface area contributed by atoms with Crippen molar-refractivity contribution in [1.29, 1.82) is 0 Å². The third-order valence-corrected chi connectivity index (χ3v) is 9.58. The number of benzene rings is 2. The molecule has 2 aromatic carbocycles. The summed E-state index contributed by atoms with van der Waals surface area (Å²) in [7, 11) is 0. The molecule has 0 radical (unpaired) electrons. The van der Waals surface area contributed by atoms with Crippen molar-refractivity contribution in [3.05, 3.63) is 128 Å². The molecule has 4 aromatic heterocycles. The van der Waals surface area contributed by atoms with E-state index in [1.807, 2.05) is 0 Å².